The summed E-state index contributed by atoms with van der Waals surface area (Å²) in [5.41, 5.74) is 0.728. The van der Waals surface area contributed by atoms with Crippen LogP contribution in [0.5, 0.6) is 0 Å². The molecule has 3 nitrogen and oxygen atoms in total. The van der Waals surface area contributed by atoms with E-state index in [1.54, 1.807) is 0 Å². The van der Waals surface area contributed by atoms with E-state index in [0.717, 1.165) is 12.8 Å². The van der Waals surface area contributed by atoms with Crippen molar-refractivity contribution < 1.29 is 14.3 Å². The molecule has 18 heavy (non-hydrogen) atoms. The van der Waals surface area contributed by atoms with Gasteiger partial charge in [-0.3, -0.25) is 0 Å². The van der Waals surface area contributed by atoms with E-state index in [0.29, 0.717) is 11.5 Å². The maximum Gasteiger partial charge on any atom is 0.334 e. The highest BCUT2D eigenvalue weighted by atomic mass is 16.6. The minimum absolute atomic E-state index is 0.0230. The first-order valence-electron chi connectivity index (χ1n) is 6.71. The second-order valence-electron chi connectivity index (χ2n) is 6.66. The van der Waals surface area contributed by atoms with Crippen molar-refractivity contribution in [3.05, 3.63) is 24.3 Å². The molecular formula is C15H18O3. The molecule has 2 saturated heterocycles. The van der Waals surface area contributed by atoms with Gasteiger partial charge in [-0.1, -0.05) is 25.7 Å². The fourth-order valence-corrected chi connectivity index (χ4v) is 4.38. The van der Waals surface area contributed by atoms with Gasteiger partial charge in [-0.25, -0.2) is 4.79 Å². The predicted octanol–water partition coefficient (Wildman–Crippen LogP) is 2.23. The lowest BCUT2D eigenvalue weighted by Crippen LogP contribution is -2.47. The van der Waals surface area contributed by atoms with Crippen molar-refractivity contribution in [2.45, 2.75) is 44.5 Å². The highest BCUT2D eigenvalue weighted by molar-refractivity contribution is 5.90. The van der Waals surface area contributed by atoms with Crippen LogP contribution in [0.4, 0.5) is 0 Å². The minimum atomic E-state index is -0.199. The van der Waals surface area contributed by atoms with Gasteiger partial charge in [0, 0.05) is 17.4 Å². The molecule has 6 atom stereocenters. The number of carbonyl (C=O) groups is 1. The number of ether oxygens (including phenoxy) is 2. The molecule has 2 aliphatic heterocycles. The highest BCUT2D eigenvalue weighted by Crippen LogP contribution is 2.62. The average molecular weight is 246 g/mol. The van der Waals surface area contributed by atoms with E-state index in [2.05, 4.69) is 32.6 Å². The Morgan fingerprint density at radius 1 is 1.44 bits per heavy atom. The van der Waals surface area contributed by atoms with Crippen LogP contribution < -0.4 is 0 Å². The Balaban J connectivity index is 1.73. The molecule has 2 aliphatic carbocycles. The van der Waals surface area contributed by atoms with E-state index < -0.39 is 0 Å². The molecule has 2 heterocycles. The van der Waals surface area contributed by atoms with Gasteiger partial charge in [0.15, 0.2) is 0 Å². The van der Waals surface area contributed by atoms with Gasteiger partial charge in [0.05, 0.1) is 5.60 Å². The Hall–Kier alpha value is -1.09. The summed E-state index contributed by atoms with van der Waals surface area (Å²) in [6, 6.07) is 0. The van der Waals surface area contributed by atoms with Crippen LogP contribution >= 0.6 is 0 Å². The van der Waals surface area contributed by atoms with E-state index in [4.69, 9.17) is 9.47 Å². The van der Waals surface area contributed by atoms with Crippen molar-refractivity contribution in [2.24, 2.45) is 17.3 Å². The molecule has 3 fully saturated rings. The number of hydrogen-bond acceptors (Lipinski definition) is 3. The Bertz CT molecular complexity index is 494. The van der Waals surface area contributed by atoms with Gasteiger partial charge in [-0.2, -0.15) is 0 Å². The molecule has 3 heteroatoms. The van der Waals surface area contributed by atoms with Crippen LogP contribution in [0.2, 0.25) is 0 Å². The van der Waals surface area contributed by atoms with Gasteiger partial charge in [-0.15, -0.1) is 0 Å². The molecule has 0 spiro atoms. The smallest absolute Gasteiger partial charge is 0.334 e. The number of hydrogen-bond donors (Lipinski definition) is 0. The maximum absolute atomic E-state index is 11.7. The third kappa shape index (κ3) is 1.11. The van der Waals surface area contributed by atoms with Gasteiger partial charge in [0.25, 0.3) is 0 Å². The Morgan fingerprint density at radius 2 is 2.22 bits per heavy atom. The van der Waals surface area contributed by atoms with Gasteiger partial charge in [-0.05, 0) is 25.2 Å². The molecule has 0 radical (unpaired) electrons. The lowest BCUT2D eigenvalue weighted by molar-refractivity contribution is -0.141. The van der Waals surface area contributed by atoms with Crippen molar-refractivity contribution in [3.8, 4) is 0 Å². The molecule has 0 N–H and O–H groups in total. The number of allylic oxidation sites excluding steroid dienone is 1. The Kier molecular flexibility index (Phi) is 1.74. The van der Waals surface area contributed by atoms with Crippen LogP contribution in [-0.2, 0) is 14.3 Å². The SMILES string of the molecule is C=C1C(=O)O[C@@H]2C[C@@]3(C)C=C[C@H]4O[C@@]4(C)[C@@H]3C[C@H]12. The fourth-order valence-electron chi connectivity index (χ4n) is 4.38. The zero-order chi connectivity index (χ0) is 12.7. The molecule has 0 unspecified atom stereocenters. The molecule has 1 saturated carbocycles. The molecule has 0 aromatic carbocycles. The highest BCUT2D eigenvalue weighted by Gasteiger charge is 2.66. The summed E-state index contributed by atoms with van der Waals surface area (Å²) in [5, 5.41) is 0. The summed E-state index contributed by atoms with van der Waals surface area (Å²) in [7, 11) is 0. The number of esters is 1. The summed E-state index contributed by atoms with van der Waals surface area (Å²) >= 11 is 0. The lowest BCUT2D eigenvalue weighted by Gasteiger charge is -2.47. The van der Waals surface area contributed by atoms with Gasteiger partial charge >= 0.3 is 5.97 Å². The second kappa shape index (κ2) is 2.90. The van der Waals surface area contributed by atoms with Gasteiger partial charge < -0.3 is 9.47 Å². The van der Waals surface area contributed by atoms with Gasteiger partial charge in [0.2, 0.25) is 0 Å². The molecule has 96 valence electrons. The standard InChI is InChI=1S/C15H18O3/c1-8-9-6-11-14(2,7-10(9)17-13(8)16)5-4-12-15(11,3)18-12/h4-5,9-12H,1,6-7H2,2-3H3/t9-,10-,11-,12-,14-,15+/m1/s1. The molecule has 4 rings (SSSR count). The summed E-state index contributed by atoms with van der Waals surface area (Å²) in [5.74, 6) is 0.464. The number of carbonyl (C=O) groups excluding carboxylic acids is 1. The van der Waals surface area contributed by atoms with Gasteiger partial charge in [0.1, 0.15) is 12.2 Å². The Morgan fingerprint density at radius 3 is 3.00 bits per heavy atom. The first-order valence-corrected chi connectivity index (χ1v) is 6.71. The first kappa shape index (κ1) is 10.8. The maximum atomic E-state index is 11.7. The van der Waals surface area contributed by atoms with Crippen molar-refractivity contribution in [1.82, 2.24) is 0 Å². The topological polar surface area (TPSA) is 38.8 Å². The third-order valence-corrected chi connectivity index (χ3v) is 5.58. The molecule has 0 amide bonds. The first-order chi connectivity index (χ1) is 8.44. The van der Waals surface area contributed by atoms with Crippen molar-refractivity contribution in [2.75, 3.05) is 0 Å². The monoisotopic (exact) mass is 246 g/mol. The van der Waals surface area contributed by atoms with E-state index in [1.807, 2.05) is 0 Å². The second-order valence-corrected chi connectivity index (χ2v) is 6.66. The summed E-state index contributed by atoms with van der Waals surface area (Å²) in [6.07, 6.45) is 6.62. The van der Waals surface area contributed by atoms with Crippen LogP contribution in [0.3, 0.4) is 0 Å². The number of fused-ring (bicyclic) bond motifs is 4. The van der Waals surface area contributed by atoms with Crippen LogP contribution in [0.1, 0.15) is 26.7 Å². The minimum Gasteiger partial charge on any atom is -0.458 e. The quantitative estimate of drug-likeness (QED) is 0.285. The van der Waals surface area contributed by atoms with Crippen LogP contribution in [-0.4, -0.2) is 23.8 Å². The van der Waals surface area contributed by atoms with E-state index in [-0.39, 0.29) is 35.1 Å². The zero-order valence-electron chi connectivity index (χ0n) is 10.8. The summed E-state index contributed by atoms with van der Waals surface area (Å²) < 4.78 is 11.3. The average Bonchev–Trinajstić information content (AvgIpc) is 2.91. The normalized spacial score (nSPS) is 56.6. The molecule has 0 aromatic rings. The summed E-state index contributed by atoms with van der Waals surface area (Å²) in [6.45, 7) is 8.37. The third-order valence-electron chi connectivity index (χ3n) is 5.58. The molecule has 0 bridgehead atoms. The van der Waals surface area contributed by atoms with Crippen LogP contribution in [0.25, 0.3) is 0 Å². The molecule has 0 aromatic heterocycles. The van der Waals surface area contributed by atoms with E-state index >= 15 is 0 Å². The Labute approximate surface area is 107 Å². The zero-order valence-corrected chi connectivity index (χ0v) is 10.8. The van der Waals surface area contributed by atoms with Crippen LogP contribution in [0.15, 0.2) is 24.3 Å². The van der Waals surface area contributed by atoms with Crippen molar-refractivity contribution in [1.29, 1.82) is 0 Å². The van der Waals surface area contributed by atoms with E-state index in [1.165, 1.54) is 0 Å². The lowest BCUT2D eigenvalue weighted by atomic mass is 9.56. The number of rotatable bonds is 0. The number of epoxide rings is 1. The largest absolute Gasteiger partial charge is 0.458 e. The molecular weight excluding hydrogens is 228 g/mol. The predicted molar refractivity (Wildman–Crippen MR) is 65.8 cm³/mol. The fraction of sp³-hybridized carbons (Fsp3) is 0.667. The van der Waals surface area contributed by atoms with Crippen molar-refractivity contribution in [3.63, 3.8) is 0 Å². The van der Waals surface area contributed by atoms with Crippen molar-refractivity contribution >= 4 is 5.97 Å². The summed E-state index contributed by atoms with van der Waals surface area (Å²) in [4.78, 5) is 11.7. The van der Waals surface area contributed by atoms with Crippen LogP contribution in [0, 0.1) is 17.3 Å². The molecule has 4 aliphatic rings. The van der Waals surface area contributed by atoms with E-state index in [9.17, 15) is 4.79 Å².